The molecular weight excluding hydrogens is 307 g/mol. The predicted molar refractivity (Wildman–Crippen MR) is 75.7 cm³/mol. The molecule has 1 rings (SSSR count). The van der Waals surface area contributed by atoms with Crippen LogP contribution in [0.3, 0.4) is 0 Å². The van der Waals surface area contributed by atoms with Crippen molar-refractivity contribution < 1.29 is 73.8 Å². The zero-order valence-corrected chi connectivity index (χ0v) is 16.3. The maximum absolute atomic E-state index is 12.9. The summed E-state index contributed by atoms with van der Waals surface area (Å²) in [4.78, 5) is 0. The van der Waals surface area contributed by atoms with Gasteiger partial charge < -0.3 is 22.4 Å². The van der Waals surface area contributed by atoms with Crippen LogP contribution in [0.5, 0.6) is 5.75 Å². The summed E-state index contributed by atoms with van der Waals surface area (Å²) in [6, 6.07) is 4.10. The second-order valence-electron chi connectivity index (χ2n) is 5.26. The quantitative estimate of drug-likeness (QED) is 0.511. The molecule has 0 aliphatic rings. The third-order valence-electron chi connectivity index (χ3n) is 2.84. The van der Waals surface area contributed by atoms with Crippen molar-refractivity contribution in [3.63, 3.8) is 0 Å². The van der Waals surface area contributed by atoms with Gasteiger partial charge in [0.2, 0.25) is 0 Å². The molecule has 0 saturated heterocycles. The minimum Gasteiger partial charge on any atom is -0.494 e. The average Bonchev–Trinajstić information content (AvgIpc) is 2.33. The van der Waals surface area contributed by atoms with E-state index in [0.717, 1.165) is 12.5 Å². The Hall–Kier alpha value is 0.471. The summed E-state index contributed by atoms with van der Waals surface area (Å²) >= 11 is 0. The first kappa shape index (κ1) is 21.5. The van der Waals surface area contributed by atoms with Crippen molar-refractivity contribution in [1.82, 2.24) is 0 Å². The molecular formula is C14H21BF3KO2. The molecule has 0 atom stereocenters. The number of hydrogen-bond acceptors (Lipinski definition) is 2. The SMILES string of the molecule is Cc1ccc(OCCOCCC(C)C)c([B-](F)(F)F)c1.[K+]. The van der Waals surface area contributed by atoms with Crippen LogP contribution in [-0.4, -0.2) is 26.8 Å². The fraction of sp³-hybridized carbons (Fsp3) is 0.571. The van der Waals surface area contributed by atoms with Crippen molar-refractivity contribution in [1.29, 1.82) is 0 Å². The summed E-state index contributed by atoms with van der Waals surface area (Å²) in [5.41, 5.74) is -0.105. The van der Waals surface area contributed by atoms with Gasteiger partial charge in [-0.05, 0) is 25.3 Å². The molecule has 2 nitrogen and oxygen atoms in total. The predicted octanol–water partition coefficient (Wildman–Crippen LogP) is 0.495. The van der Waals surface area contributed by atoms with E-state index in [1.807, 2.05) is 0 Å². The van der Waals surface area contributed by atoms with Gasteiger partial charge in [0.1, 0.15) is 6.61 Å². The van der Waals surface area contributed by atoms with Gasteiger partial charge in [-0.15, -0.1) is 0 Å². The molecule has 7 heteroatoms. The monoisotopic (exact) mass is 328 g/mol. The van der Waals surface area contributed by atoms with E-state index in [1.54, 1.807) is 13.0 Å². The molecule has 0 aliphatic carbocycles. The zero-order valence-electron chi connectivity index (χ0n) is 13.2. The fourth-order valence-corrected chi connectivity index (χ4v) is 1.69. The van der Waals surface area contributed by atoms with E-state index < -0.39 is 12.4 Å². The van der Waals surface area contributed by atoms with Crippen molar-refractivity contribution in [3.8, 4) is 5.75 Å². The summed E-state index contributed by atoms with van der Waals surface area (Å²) < 4.78 is 49.2. The first-order chi connectivity index (χ1) is 9.30. The maximum Gasteiger partial charge on any atom is 1.00 e. The van der Waals surface area contributed by atoms with Gasteiger partial charge in [-0.3, -0.25) is 0 Å². The summed E-state index contributed by atoms with van der Waals surface area (Å²) in [6.45, 7) is 1.77. The molecule has 0 bridgehead atoms. The number of benzene rings is 1. The number of rotatable bonds is 8. The first-order valence-electron chi connectivity index (χ1n) is 6.81. The van der Waals surface area contributed by atoms with Crippen LogP contribution in [-0.2, 0) is 4.74 Å². The second-order valence-corrected chi connectivity index (χ2v) is 5.26. The molecule has 1 aromatic carbocycles. The van der Waals surface area contributed by atoms with Crippen LogP contribution in [0.1, 0.15) is 25.8 Å². The van der Waals surface area contributed by atoms with Crippen LogP contribution in [0.4, 0.5) is 12.9 Å². The van der Waals surface area contributed by atoms with Crippen molar-refractivity contribution in [2.24, 2.45) is 5.92 Å². The molecule has 21 heavy (non-hydrogen) atoms. The third kappa shape index (κ3) is 8.62. The number of aryl methyl sites for hydroxylation is 1. The van der Waals surface area contributed by atoms with E-state index in [2.05, 4.69) is 13.8 Å². The summed E-state index contributed by atoms with van der Waals surface area (Å²) in [7, 11) is 0. The van der Waals surface area contributed by atoms with Gasteiger partial charge in [0, 0.05) is 6.61 Å². The van der Waals surface area contributed by atoms with E-state index >= 15 is 0 Å². The number of ether oxygens (including phenoxy) is 2. The molecule has 0 amide bonds. The van der Waals surface area contributed by atoms with Crippen LogP contribution < -0.4 is 61.6 Å². The number of halogens is 3. The van der Waals surface area contributed by atoms with Gasteiger partial charge in [0.05, 0.1) is 12.4 Å². The van der Waals surface area contributed by atoms with E-state index in [1.165, 1.54) is 6.07 Å². The smallest absolute Gasteiger partial charge is 0.494 e. The first-order valence-corrected chi connectivity index (χ1v) is 6.81. The number of hydrogen-bond donors (Lipinski definition) is 0. The topological polar surface area (TPSA) is 18.5 Å². The molecule has 0 radical (unpaired) electrons. The van der Waals surface area contributed by atoms with Crippen LogP contribution in [0.25, 0.3) is 0 Å². The van der Waals surface area contributed by atoms with Crippen LogP contribution >= 0.6 is 0 Å². The molecule has 114 valence electrons. The molecule has 0 unspecified atom stereocenters. The van der Waals surface area contributed by atoms with E-state index in [0.29, 0.717) is 24.7 Å². The van der Waals surface area contributed by atoms with E-state index in [4.69, 9.17) is 9.47 Å². The Bertz CT molecular complexity index is 425. The molecule has 0 heterocycles. The van der Waals surface area contributed by atoms with Gasteiger partial charge in [-0.2, -0.15) is 0 Å². The Morgan fingerprint density at radius 1 is 1.10 bits per heavy atom. The second kappa shape index (κ2) is 10.3. The average molecular weight is 328 g/mol. The Labute approximate surface area is 167 Å². The van der Waals surface area contributed by atoms with Crippen molar-refractivity contribution in [2.75, 3.05) is 19.8 Å². The maximum atomic E-state index is 12.9. The van der Waals surface area contributed by atoms with Gasteiger partial charge in [-0.25, -0.2) is 0 Å². The van der Waals surface area contributed by atoms with Crippen molar-refractivity contribution >= 4 is 12.4 Å². The van der Waals surface area contributed by atoms with Gasteiger partial charge in [-0.1, -0.05) is 37.0 Å². The van der Waals surface area contributed by atoms with E-state index in [9.17, 15) is 12.9 Å². The largest absolute Gasteiger partial charge is 1.00 e. The standard InChI is InChI=1S/C14H21BF3O2.K/c1-11(2)6-7-19-8-9-20-14-5-4-12(3)10-13(14)15(16,17)18;/h4-5,10-11H,6-9H2,1-3H3;/q-1;+1. The van der Waals surface area contributed by atoms with Gasteiger partial charge >= 0.3 is 58.4 Å². The minimum absolute atomic E-state index is 0. The normalized spacial score (nSPS) is 11.4. The van der Waals surface area contributed by atoms with Crippen molar-refractivity contribution in [2.45, 2.75) is 27.2 Å². The molecule has 0 aromatic heterocycles. The van der Waals surface area contributed by atoms with Crippen LogP contribution in [0.2, 0.25) is 0 Å². The van der Waals surface area contributed by atoms with Crippen molar-refractivity contribution in [3.05, 3.63) is 23.8 Å². The van der Waals surface area contributed by atoms with Crippen LogP contribution in [0, 0.1) is 12.8 Å². The molecule has 0 N–H and O–H groups in total. The van der Waals surface area contributed by atoms with Crippen LogP contribution in [0.15, 0.2) is 18.2 Å². The zero-order chi connectivity index (χ0) is 15.2. The van der Waals surface area contributed by atoms with Gasteiger partial charge in [0.25, 0.3) is 0 Å². The summed E-state index contributed by atoms with van der Waals surface area (Å²) in [6.07, 6.45) is 0.932. The Morgan fingerprint density at radius 3 is 2.33 bits per heavy atom. The summed E-state index contributed by atoms with van der Waals surface area (Å²) in [5, 5.41) is 0. The van der Waals surface area contributed by atoms with E-state index in [-0.39, 0.29) is 63.7 Å². The molecule has 1 aromatic rings. The molecule has 0 aliphatic heterocycles. The fourth-order valence-electron chi connectivity index (χ4n) is 1.69. The Balaban J connectivity index is 0.00000400. The molecule has 0 fully saturated rings. The minimum atomic E-state index is -5.06. The summed E-state index contributed by atoms with van der Waals surface area (Å²) in [5.74, 6) is 0.433. The Kier molecular flexibility index (Phi) is 10.5. The van der Waals surface area contributed by atoms with Gasteiger partial charge in [0.15, 0.2) is 0 Å². The third-order valence-corrected chi connectivity index (χ3v) is 2.84. The molecule has 0 spiro atoms. The molecule has 0 saturated carbocycles. The Morgan fingerprint density at radius 2 is 1.76 bits per heavy atom.